The second kappa shape index (κ2) is 19.2. The highest BCUT2D eigenvalue weighted by atomic mass is 35.5. The van der Waals surface area contributed by atoms with E-state index in [1.54, 1.807) is 6.33 Å². The van der Waals surface area contributed by atoms with Gasteiger partial charge in [0, 0.05) is 28.6 Å². The van der Waals surface area contributed by atoms with Gasteiger partial charge in [0.2, 0.25) is 0 Å². The Morgan fingerprint density at radius 3 is 1.56 bits per heavy atom. The summed E-state index contributed by atoms with van der Waals surface area (Å²) in [6, 6.07) is 19.0. The predicted molar refractivity (Wildman–Crippen MR) is 270 cm³/mol. The third-order valence-electron chi connectivity index (χ3n) is 14.5. The van der Waals surface area contributed by atoms with Gasteiger partial charge in [-0.3, -0.25) is 0 Å². The van der Waals surface area contributed by atoms with Crippen LogP contribution in [-0.2, 0) is 38.2 Å². The molecule has 372 valence electrons. The van der Waals surface area contributed by atoms with E-state index in [9.17, 15) is 8.78 Å². The maximum atomic E-state index is 13.8. The first-order valence-electron chi connectivity index (χ1n) is 24.4. The molecule has 0 spiro atoms. The van der Waals surface area contributed by atoms with Crippen molar-refractivity contribution in [3.05, 3.63) is 119 Å². The lowest BCUT2D eigenvalue weighted by Crippen LogP contribution is -2.27. The summed E-state index contributed by atoms with van der Waals surface area (Å²) in [7, 11) is 1.50. The third-order valence-corrected chi connectivity index (χ3v) is 14.8. The summed E-state index contributed by atoms with van der Waals surface area (Å²) in [5, 5.41) is 3.88. The van der Waals surface area contributed by atoms with E-state index in [-0.39, 0.29) is 48.1 Å². The normalized spacial score (nSPS) is 25.0. The zero-order chi connectivity index (χ0) is 49.9. The molecule has 8 aromatic rings. The molecule has 8 heterocycles. The molecule has 2 aliphatic carbocycles. The van der Waals surface area contributed by atoms with Crippen molar-refractivity contribution in [1.82, 2.24) is 39.0 Å². The fourth-order valence-electron chi connectivity index (χ4n) is 11.4. The van der Waals surface area contributed by atoms with Gasteiger partial charge in [0.25, 0.3) is 0 Å². The second-order valence-electron chi connectivity index (χ2n) is 19.9. The highest BCUT2D eigenvalue weighted by molar-refractivity contribution is 6.33. The Bertz CT molecular complexity index is 3260. The van der Waals surface area contributed by atoms with E-state index in [0.717, 1.165) is 100 Å². The van der Waals surface area contributed by atoms with Crippen molar-refractivity contribution in [2.45, 2.75) is 128 Å². The van der Waals surface area contributed by atoms with Gasteiger partial charge in [0.05, 0.1) is 46.4 Å². The molecule has 0 amide bonds. The molecule has 12 rings (SSSR count). The molecule has 15 nitrogen and oxygen atoms in total. The molecular formula is C53H60ClF2N11O4. The van der Waals surface area contributed by atoms with Crippen LogP contribution in [0.3, 0.4) is 0 Å². The third kappa shape index (κ3) is 9.39. The van der Waals surface area contributed by atoms with Crippen LogP contribution in [0.15, 0.2) is 85.7 Å². The first-order chi connectivity index (χ1) is 34.1. The van der Waals surface area contributed by atoms with Crippen molar-refractivity contribution in [1.29, 1.82) is 0 Å². The van der Waals surface area contributed by atoms with E-state index in [2.05, 4.69) is 64.0 Å². The first kappa shape index (κ1) is 48.7. The number of aryl methyl sites for hydroxylation is 3. The number of benzene rings is 2. The monoisotopic (exact) mass is 987 g/mol. The Balaban J connectivity index is 0.000000159. The van der Waals surface area contributed by atoms with Crippen molar-refractivity contribution in [2.24, 2.45) is 17.6 Å². The zero-order valence-corrected chi connectivity index (χ0v) is 41.5. The van der Waals surface area contributed by atoms with Gasteiger partial charge in [-0.25, -0.2) is 38.7 Å². The van der Waals surface area contributed by atoms with Crippen LogP contribution < -0.4 is 17.2 Å². The molecule has 8 atom stereocenters. The van der Waals surface area contributed by atoms with Gasteiger partial charge in [-0.1, -0.05) is 42.8 Å². The Hall–Kier alpha value is -5.95. The Kier molecular flexibility index (Phi) is 13.2. The number of aromatic nitrogens is 8. The largest absolute Gasteiger partial charge is 0.381 e. The van der Waals surface area contributed by atoms with Gasteiger partial charge in [-0.05, 0) is 139 Å². The van der Waals surface area contributed by atoms with Crippen LogP contribution >= 0.6 is 11.6 Å². The number of fused-ring (bicyclic) bond motifs is 6. The summed E-state index contributed by atoms with van der Waals surface area (Å²) in [5.41, 5.74) is 22.4. The molecule has 2 saturated heterocycles. The predicted octanol–water partition coefficient (Wildman–Crippen LogP) is 9.62. The lowest BCUT2D eigenvalue weighted by atomic mass is 9.95. The molecule has 4 aliphatic rings. The Morgan fingerprint density at radius 2 is 1.07 bits per heavy atom. The highest BCUT2D eigenvalue weighted by Crippen LogP contribution is 2.51. The van der Waals surface area contributed by atoms with Crippen LogP contribution in [0.1, 0.15) is 89.2 Å². The highest BCUT2D eigenvalue weighted by Gasteiger charge is 2.55. The summed E-state index contributed by atoms with van der Waals surface area (Å²) >= 11 is 6.29. The van der Waals surface area contributed by atoms with Gasteiger partial charge in [0.15, 0.2) is 34.8 Å². The maximum absolute atomic E-state index is 13.8. The number of hydrogen-bond acceptors (Lipinski definition) is 13. The van der Waals surface area contributed by atoms with Crippen LogP contribution in [-0.4, -0.2) is 82.1 Å². The number of halogens is 3. The summed E-state index contributed by atoms with van der Waals surface area (Å²) < 4.78 is 57.5. The van der Waals surface area contributed by atoms with Gasteiger partial charge >= 0.3 is 0 Å². The number of hydrogen-bond donors (Lipinski definition) is 3. The minimum absolute atomic E-state index is 0.0157. The number of ether oxygens (including phenoxy) is 4. The van der Waals surface area contributed by atoms with E-state index >= 15 is 0 Å². The minimum Gasteiger partial charge on any atom is -0.381 e. The molecule has 6 N–H and O–H groups in total. The summed E-state index contributed by atoms with van der Waals surface area (Å²) in [6.07, 6.45) is 13.5. The van der Waals surface area contributed by atoms with Crippen LogP contribution in [0.4, 0.5) is 20.4 Å². The van der Waals surface area contributed by atoms with Gasteiger partial charge in [-0.15, -0.1) is 0 Å². The number of pyridine rings is 2. The van der Waals surface area contributed by atoms with Crippen LogP contribution in [0.2, 0.25) is 5.15 Å². The first-order valence-corrected chi connectivity index (χ1v) is 24.8. The number of nitrogens with two attached hydrogens (primary N) is 3. The Labute approximate surface area is 415 Å². The van der Waals surface area contributed by atoms with E-state index < -0.39 is 23.2 Å². The lowest BCUT2D eigenvalue weighted by Gasteiger charge is -2.24. The van der Waals surface area contributed by atoms with Crippen LogP contribution in [0.25, 0.3) is 43.9 Å². The maximum Gasteiger partial charge on any atom is 0.165 e. The molecule has 6 aromatic heterocycles. The van der Waals surface area contributed by atoms with E-state index in [1.807, 2.05) is 76.4 Å². The van der Waals surface area contributed by atoms with Crippen LogP contribution in [0.5, 0.6) is 0 Å². The van der Waals surface area contributed by atoms with Crippen molar-refractivity contribution in [3.8, 4) is 0 Å². The molecule has 0 unspecified atom stereocenters. The zero-order valence-electron chi connectivity index (χ0n) is 40.7. The molecule has 2 saturated carbocycles. The minimum atomic E-state index is -0.643. The standard InChI is InChI=1S/C27H30FN5O2.C25H25ClFN5O2.CH5N/c1-4-20-18-9-10-33(26(18)31-14-30-20)22-13-17(23-24(22)35-27(2,3)34-23)8-6-15-5-7-16-12-19(28)25(29)32-21(16)11-15;1-25(2)33-20-15(6-4-13-3-5-14-10-17(27)23(28)31-18(14)9-13)11-19(21(20)34-25)32-8-7-16-22(26)29-12-30-24(16)32;1-2/h5,7,9-12,14,17,22-24H,4,6,8,13H2,1-3H3,(H2,29,32);3,5,7-10,12,15,19-21H,4,6,11H2,1-2H3,(H2,28,31);2H2,1H3/t17-,22+,23+,24-;15-,19+,20+,21-;/m00./s1. The van der Waals surface area contributed by atoms with Crippen molar-refractivity contribution >= 4 is 67.1 Å². The summed E-state index contributed by atoms with van der Waals surface area (Å²) in [6.45, 7) is 10.0. The van der Waals surface area contributed by atoms with Crippen molar-refractivity contribution in [3.63, 3.8) is 0 Å². The molecular weight excluding hydrogens is 928 g/mol. The molecule has 2 aromatic carbocycles. The second-order valence-corrected chi connectivity index (χ2v) is 20.2. The summed E-state index contributed by atoms with van der Waals surface area (Å²) in [4.78, 5) is 26.1. The summed E-state index contributed by atoms with van der Waals surface area (Å²) in [5.74, 6) is -1.75. The molecule has 0 radical (unpaired) electrons. The number of nitrogens with zero attached hydrogens (tertiary/aromatic N) is 8. The van der Waals surface area contributed by atoms with Crippen molar-refractivity contribution in [2.75, 3.05) is 18.5 Å². The Morgan fingerprint density at radius 1 is 0.620 bits per heavy atom. The molecule has 18 heteroatoms. The quantitative estimate of drug-likeness (QED) is 0.116. The smallest absolute Gasteiger partial charge is 0.165 e. The number of rotatable bonds is 9. The fraction of sp³-hybridized carbons (Fsp3) is 0.434. The molecule has 71 heavy (non-hydrogen) atoms. The van der Waals surface area contributed by atoms with E-state index in [4.69, 9.17) is 42.0 Å². The van der Waals surface area contributed by atoms with Crippen molar-refractivity contribution < 1.29 is 27.7 Å². The molecule has 2 aliphatic heterocycles. The topological polar surface area (TPSA) is 202 Å². The number of nitrogen functional groups attached to an aromatic ring is 2. The van der Waals surface area contributed by atoms with E-state index in [0.29, 0.717) is 22.5 Å². The molecule has 0 bridgehead atoms. The molecule has 4 fully saturated rings. The number of anilines is 2. The van der Waals surface area contributed by atoms with Gasteiger partial charge in [0.1, 0.15) is 41.3 Å². The van der Waals surface area contributed by atoms with Crippen LogP contribution in [0, 0.1) is 23.5 Å². The SMILES string of the molecule is CC1(C)O[C@@H]2[C@@H](CCc3ccc4cc(F)c(N)nc4c3)C[C@@H](n3ccc4c(Cl)ncnc43)[C@@H]2O1.CCc1ncnc2c1ccn2[C@@H]1C[C@H](CCc2ccc3cc(F)c(N)nc3c2)[C@H]2OC(C)(C)O[C@H]21.CN. The van der Waals surface area contributed by atoms with E-state index in [1.165, 1.54) is 25.5 Å². The average Bonchev–Trinajstić information content (AvgIpc) is 4.21. The van der Waals surface area contributed by atoms with Gasteiger partial charge in [-0.2, -0.15) is 0 Å². The fourth-order valence-corrected chi connectivity index (χ4v) is 11.6. The lowest BCUT2D eigenvalue weighted by molar-refractivity contribution is -0.160. The van der Waals surface area contributed by atoms with Gasteiger partial charge < -0.3 is 45.3 Å². The average molecular weight is 989 g/mol.